The van der Waals surface area contributed by atoms with Gasteiger partial charge in [-0.1, -0.05) is 0 Å². The number of rotatable bonds is 6. The Hall–Kier alpha value is -1.71. The van der Waals surface area contributed by atoms with Crippen LogP contribution in [0.2, 0.25) is 0 Å². The first kappa shape index (κ1) is 14.7. The van der Waals surface area contributed by atoms with E-state index in [0.29, 0.717) is 17.8 Å². The van der Waals surface area contributed by atoms with Gasteiger partial charge in [0.05, 0.1) is 11.4 Å². The normalized spacial score (nSPS) is 11.9. The quantitative estimate of drug-likeness (QED) is 0.660. The summed E-state index contributed by atoms with van der Waals surface area (Å²) in [5, 5.41) is 10.6. The van der Waals surface area contributed by atoms with E-state index < -0.39 is 10.0 Å². The summed E-state index contributed by atoms with van der Waals surface area (Å²) in [5.41, 5.74) is 7.28. The second-order valence-corrected chi connectivity index (χ2v) is 6.13. The molecule has 2 heterocycles. The third kappa shape index (κ3) is 2.89. The lowest BCUT2D eigenvalue weighted by atomic mass is 10.3. The monoisotopic (exact) mass is 298 g/mol. The molecule has 0 radical (unpaired) electrons. The highest BCUT2D eigenvalue weighted by Gasteiger charge is 2.23. The highest BCUT2D eigenvalue weighted by molar-refractivity contribution is 7.89. The average molecular weight is 298 g/mol. The van der Waals surface area contributed by atoms with Crippen molar-refractivity contribution in [1.29, 1.82) is 0 Å². The summed E-state index contributed by atoms with van der Waals surface area (Å²) in [4.78, 5) is 0.144. The van der Waals surface area contributed by atoms with Crippen molar-refractivity contribution in [3.05, 3.63) is 29.3 Å². The third-order valence-corrected chi connectivity index (χ3v) is 4.68. The number of aromatic nitrogens is 4. The van der Waals surface area contributed by atoms with E-state index in [2.05, 4.69) is 20.0 Å². The predicted molar refractivity (Wildman–Crippen MR) is 73.3 cm³/mol. The minimum Gasteiger partial charge on any atom is -0.325 e. The van der Waals surface area contributed by atoms with Crippen LogP contribution < -0.4 is 10.5 Å². The maximum Gasteiger partial charge on any atom is 0.244 e. The van der Waals surface area contributed by atoms with Gasteiger partial charge in [0, 0.05) is 38.4 Å². The molecule has 0 aliphatic carbocycles. The Morgan fingerprint density at radius 3 is 2.85 bits per heavy atom. The molecule has 0 atom stereocenters. The highest BCUT2D eigenvalue weighted by Crippen LogP contribution is 2.16. The molecule has 0 saturated carbocycles. The third-order valence-electron chi connectivity index (χ3n) is 3.02. The maximum absolute atomic E-state index is 12.3. The minimum absolute atomic E-state index is 0.0717. The fourth-order valence-corrected chi connectivity index (χ4v) is 3.40. The first-order chi connectivity index (χ1) is 9.45. The van der Waals surface area contributed by atoms with Gasteiger partial charge in [0.15, 0.2) is 0 Å². The molecule has 9 heteroatoms. The number of nitrogens with two attached hydrogens (primary N) is 1. The van der Waals surface area contributed by atoms with Crippen LogP contribution in [0.15, 0.2) is 17.2 Å². The number of nitrogens with zero attached hydrogens (tertiary/aromatic N) is 3. The summed E-state index contributed by atoms with van der Waals surface area (Å²) < 4.78 is 28.8. The van der Waals surface area contributed by atoms with Gasteiger partial charge in [-0.25, -0.2) is 13.1 Å². The summed E-state index contributed by atoms with van der Waals surface area (Å²) in [6.45, 7) is 2.01. The number of aryl methyl sites for hydroxylation is 2. The van der Waals surface area contributed by atoms with Crippen molar-refractivity contribution >= 4 is 10.0 Å². The molecular formula is C11H18N6O2S. The van der Waals surface area contributed by atoms with Gasteiger partial charge in [0.2, 0.25) is 10.0 Å². The average Bonchev–Trinajstić information content (AvgIpc) is 2.96. The van der Waals surface area contributed by atoms with Gasteiger partial charge >= 0.3 is 0 Å². The predicted octanol–water partition coefficient (Wildman–Crippen LogP) is -0.569. The smallest absolute Gasteiger partial charge is 0.244 e. The van der Waals surface area contributed by atoms with E-state index in [-0.39, 0.29) is 18.0 Å². The molecule has 0 unspecified atom stereocenters. The van der Waals surface area contributed by atoms with E-state index >= 15 is 0 Å². The van der Waals surface area contributed by atoms with Gasteiger partial charge in [0.1, 0.15) is 4.90 Å². The molecule has 2 aromatic heterocycles. The summed E-state index contributed by atoms with van der Waals surface area (Å²) in [5.74, 6) is 0. The van der Waals surface area contributed by atoms with Crippen molar-refractivity contribution in [2.45, 2.75) is 24.8 Å². The Balaban J connectivity index is 2.08. The van der Waals surface area contributed by atoms with E-state index in [9.17, 15) is 8.42 Å². The van der Waals surface area contributed by atoms with E-state index in [0.717, 1.165) is 5.69 Å². The SMILES string of the molecule is Cc1[nH]nc(CN)c1S(=O)(=O)NCCc1ccnn1C. The van der Waals surface area contributed by atoms with Crippen LogP contribution in [0.25, 0.3) is 0 Å². The first-order valence-electron chi connectivity index (χ1n) is 6.16. The Morgan fingerprint density at radius 2 is 2.25 bits per heavy atom. The minimum atomic E-state index is -3.61. The molecule has 0 aliphatic heterocycles. The molecule has 0 amide bonds. The molecule has 4 N–H and O–H groups in total. The van der Waals surface area contributed by atoms with E-state index in [1.54, 1.807) is 17.8 Å². The lowest BCUT2D eigenvalue weighted by Gasteiger charge is -2.07. The van der Waals surface area contributed by atoms with Crippen LogP contribution in [-0.4, -0.2) is 34.9 Å². The molecule has 8 nitrogen and oxygen atoms in total. The molecule has 0 saturated heterocycles. The Labute approximate surface area is 117 Å². The molecule has 110 valence electrons. The van der Waals surface area contributed by atoms with Crippen molar-refractivity contribution in [1.82, 2.24) is 24.7 Å². The fourth-order valence-electron chi connectivity index (χ4n) is 2.00. The highest BCUT2D eigenvalue weighted by atomic mass is 32.2. The molecule has 2 rings (SSSR count). The van der Waals surface area contributed by atoms with Crippen molar-refractivity contribution in [3.63, 3.8) is 0 Å². The number of H-pyrrole nitrogens is 1. The summed E-state index contributed by atoms with van der Waals surface area (Å²) in [6, 6.07) is 1.85. The van der Waals surface area contributed by atoms with Gasteiger partial charge < -0.3 is 5.73 Å². The van der Waals surface area contributed by atoms with Crippen LogP contribution in [0.5, 0.6) is 0 Å². The van der Waals surface area contributed by atoms with Crippen LogP contribution >= 0.6 is 0 Å². The van der Waals surface area contributed by atoms with Crippen molar-refractivity contribution in [3.8, 4) is 0 Å². The fraction of sp³-hybridized carbons (Fsp3) is 0.455. The zero-order chi connectivity index (χ0) is 14.8. The lowest BCUT2D eigenvalue weighted by Crippen LogP contribution is -2.28. The molecule has 0 fully saturated rings. The van der Waals surface area contributed by atoms with Crippen LogP contribution in [0.3, 0.4) is 0 Å². The Morgan fingerprint density at radius 1 is 1.50 bits per heavy atom. The van der Waals surface area contributed by atoms with Crippen LogP contribution in [0.1, 0.15) is 17.1 Å². The molecular weight excluding hydrogens is 280 g/mol. The van der Waals surface area contributed by atoms with Gasteiger partial charge in [-0.2, -0.15) is 10.2 Å². The lowest BCUT2D eigenvalue weighted by molar-refractivity contribution is 0.578. The van der Waals surface area contributed by atoms with Crippen molar-refractivity contribution in [2.24, 2.45) is 12.8 Å². The number of aromatic amines is 1. The first-order valence-corrected chi connectivity index (χ1v) is 7.64. The van der Waals surface area contributed by atoms with E-state index in [4.69, 9.17) is 5.73 Å². The van der Waals surface area contributed by atoms with E-state index in [1.165, 1.54) is 0 Å². The Bertz CT molecular complexity index is 688. The van der Waals surface area contributed by atoms with Gasteiger partial charge in [-0.3, -0.25) is 9.78 Å². The van der Waals surface area contributed by atoms with Gasteiger partial charge in [0.25, 0.3) is 0 Å². The van der Waals surface area contributed by atoms with Crippen LogP contribution in [0, 0.1) is 6.92 Å². The molecule has 20 heavy (non-hydrogen) atoms. The van der Waals surface area contributed by atoms with Gasteiger partial charge in [-0.05, 0) is 13.0 Å². The van der Waals surface area contributed by atoms with E-state index in [1.807, 2.05) is 13.1 Å². The molecule has 2 aromatic rings. The van der Waals surface area contributed by atoms with Crippen molar-refractivity contribution < 1.29 is 8.42 Å². The molecule has 0 aromatic carbocycles. The Kier molecular flexibility index (Phi) is 4.21. The van der Waals surface area contributed by atoms with Crippen molar-refractivity contribution in [2.75, 3.05) is 6.54 Å². The molecule has 0 bridgehead atoms. The van der Waals surface area contributed by atoms with Gasteiger partial charge in [-0.15, -0.1) is 0 Å². The number of sulfonamides is 1. The zero-order valence-electron chi connectivity index (χ0n) is 11.4. The van der Waals surface area contributed by atoms with Crippen LogP contribution in [-0.2, 0) is 30.0 Å². The number of hydrogen-bond acceptors (Lipinski definition) is 5. The number of hydrogen-bond donors (Lipinski definition) is 3. The zero-order valence-corrected chi connectivity index (χ0v) is 12.2. The maximum atomic E-state index is 12.3. The van der Waals surface area contributed by atoms with Crippen LogP contribution in [0.4, 0.5) is 0 Å². The number of nitrogens with one attached hydrogen (secondary N) is 2. The molecule has 0 aliphatic rings. The topological polar surface area (TPSA) is 119 Å². The molecule has 0 spiro atoms. The summed E-state index contributed by atoms with van der Waals surface area (Å²) >= 11 is 0. The second kappa shape index (κ2) is 5.73. The second-order valence-electron chi connectivity index (χ2n) is 4.42. The standard InChI is InChI=1S/C11H18N6O2S/c1-8-11(10(7-12)16-15-8)20(18,19)14-6-4-9-3-5-13-17(9)2/h3,5,14H,4,6-7,12H2,1-2H3,(H,15,16). The largest absolute Gasteiger partial charge is 0.325 e. The summed E-state index contributed by atoms with van der Waals surface area (Å²) in [6.07, 6.45) is 2.24. The summed E-state index contributed by atoms with van der Waals surface area (Å²) in [7, 11) is -1.79.